The molecule has 1 aromatic rings. The van der Waals surface area contributed by atoms with Gasteiger partial charge < -0.3 is 15.7 Å². The van der Waals surface area contributed by atoms with E-state index in [0.29, 0.717) is 12.0 Å². The lowest BCUT2D eigenvalue weighted by Crippen LogP contribution is -2.39. The topological polar surface area (TPSA) is 61.4 Å². The fourth-order valence-electron chi connectivity index (χ4n) is 2.06. The SMILES string of the molecule is CC(C)CC(NC(=O)NCCO)c1cccc(C(F)(F)F)c1. The Hall–Kier alpha value is -1.76. The molecule has 1 rings (SSSR count). The van der Waals surface area contributed by atoms with E-state index in [2.05, 4.69) is 10.6 Å². The van der Waals surface area contributed by atoms with E-state index in [1.54, 1.807) is 6.07 Å². The van der Waals surface area contributed by atoms with E-state index >= 15 is 0 Å². The molecule has 0 aliphatic heterocycles. The predicted octanol–water partition coefficient (Wildman–Crippen LogP) is 3.08. The third kappa shape index (κ3) is 5.93. The number of alkyl halides is 3. The summed E-state index contributed by atoms with van der Waals surface area (Å²) in [5.74, 6) is 0.192. The molecule has 0 saturated carbocycles. The van der Waals surface area contributed by atoms with Crippen molar-refractivity contribution >= 4 is 6.03 Å². The van der Waals surface area contributed by atoms with Crippen LogP contribution in [0.15, 0.2) is 24.3 Å². The van der Waals surface area contributed by atoms with Crippen LogP contribution in [0.4, 0.5) is 18.0 Å². The molecule has 7 heteroatoms. The number of halogens is 3. The van der Waals surface area contributed by atoms with Crippen molar-refractivity contribution in [2.75, 3.05) is 13.2 Å². The highest BCUT2D eigenvalue weighted by atomic mass is 19.4. The van der Waals surface area contributed by atoms with E-state index in [1.165, 1.54) is 6.07 Å². The minimum absolute atomic E-state index is 0.0861. The number of aliphatic hydroxyl groups excluding tert-OH is 1. The summed E-state index contributed by atoms with van der Waals surface area (Å²) in [5.41, 5.74) is -0.334. The second-order valence-corrected chi connectivity index (χ2v) is 5.43. The van der Waals surface area contributed by atoms with Gasteiger partial charge in [-0.15, -0.1) is 0 Å². The van der Waals surface area contributed by atoms with E-state index in [9.17, 15) is 18.0 Å². The highest BCUT2D eigenvalue weighted by Gasteiger charge is 2.31. The Kier molecular flexibility index (Phi) is 6.67. The van der Waals surface area contributed by atoms with Crippen LogP contribution in [0, 0.1) is 5.92 Å². The van der Waals surface area contributed by atoms with Gasteiger partial charge in [0.25, 0.3) is 0 Å². The van der Waals surface area contributed by atoms with Crippen LogP contribution < -0.4 is 10.6 Å². The minimum Gasteiger partial charge on any atom is -0.395 e. The van der Waals surface area contributed by atoms with Crippen molar-refractivity contribution in [2.24, 2.45) is 5.92 Å². The molecule has 0 fully saturated rings. The average Bonchev–Trinajstić information content (AvgIpc) is 2.43. The standard InChI is InChI=1S/C15H21F3N2O2/c1-10(2)8-13(20-14(22)19-6-7-21)11-4-3-5-12(9-11)15(16,17)18/h3-5,9-10,13,21H,6-8H2,1-2H3,(H2,19,20,22). The van der Waals surface area contributed by atoms with Gasteiger partial charge in [0.05, 0.1) is 18.2 Å². The van der Waals surface area contributed by atoms with Gasteiger partial charge in [0.1, 0.15) is 0 Å². The number of urea groups is 1. The van der Waals surface area contributed by atoms with Gasteiger partial charge in [0.15, 0.2) is 0 Å². The quantitative estimate of drug-likeness (QED) is 0.755. The Bertz CT molecular complexity index is 490. The van der Waals surface area contributed by atoms with Crippen molar-refractivity contribution in [3.8, 4) is 0 Å². The first kappa shape index (κ1) is 18.3. The van der Waals surface area contributed by atoms with Crippen LogP contribution in [-0.2, 0) is 6.18 Å². The van der Waals surface area contributed by atoms with Crippen molar-refractivity contribution in [3.05, 3.63) is 35.4 Å². The molecule has 0 heterocycles. The molecule has 1 aromatic carbocycles. The van der Waals surface area contributed by atoms with E-state index in [4.69, 9.17) is 5.11 Å². The van der Waals surface area contributed by atoms with E-state index in [-0.39, 0.29) is 19.1 Å². The molecular weight excluding hydrogens is 297 g/mol. The van der Waals surface area contributed by atoms with Crippen LogP contribution in [0.25, 0.3) is 0 Å². The zero-order chi connectivity index (χ0) is 16.8. The highest BCUT2D eigenvalue weighted by molar-refractivity contribution is 5.74. The molecule has 0 aliphatic carbocycles. The zero-order valence-electron chi connectivity index (χ0n) is 12.6. The number of benzene rings is 1. The summed E-state index contributed by atoms with van der Waals surface area (Å²) >= 11 is 0. The monoisotopic (exact) mass is 318 g/mol. The van der Waals surface area contributed by atoms with Crippen LogP contribution in [0.5, 0.6) is 0 Å². The first-order chi connectivity index (χ1) is 10.2. The summed E-state index contributed by atoms with van der Waals surface area (Å²) in [6.45, 7) is 3.73. The highest BCUT2D eigenvalue weighted by Crippen LogP contribution is 2.31. The Morgan fingerprint density at radius 1 is 1.32 bits per heavy atom. The number of aliphatic hydroxyl groups is 1. The number of carbonyl (C=O) groups is 1. The Morgan fingerprint density at radius 2 is 2.00 bits per heavy atom. The molecule has 1 atom stereocenters. The third-order valence-electron chi connectivity index (χ3n) is 3.03. The zero-order valence-corrected chi connectivity index (χ0v) is 12.6. The lowest BCUT2D eigenvalue weighted by molar-refractivity contribution is -0.137. The first-order valence-electron chi connectivity index (χ1n) is 7.06. The number of rotatable bonds is 6. The Labute approximate surface area is 127 Å². The predicted molar refractivity (Wildman–Crippen MR) is 77.3 cm³/mol. The van der Waals surface area contributed by atoms with Gasteiger partial charge in [-0.1, -0.05) is 26.0 Å². The molecule has 0 radical (unpaired) electrons. The molecule has 0 spiro atoms. The normalized spacial score (nSPS) is 13.0. The average molecular weight is 318 g/mol. The second kappa shape index (κ2) is 8.03. The van der Waals surface area contributed by atoms with Crippen molar-refractivity contribution in [1.29, 1.82) is 0 Å². The van der Waals surface area contributed by atoms with Crippen LogP contribution in [-0.4, -0.2) is 24.3 Å². The van der Waals surface area contributed by atoms with E-state index in [1.807, 2.05) is 13.8 Å². The van der Waals surface area contributed by atoms with Gasteiger partial charge in [0, 0.05) is 6.54 Å². The molecule has 0 bridgehead atoms. The van der Waals surface area contributed by atoms with Gasteiger partial charge >= 0.3 is 12.2 Å². The van der Waals surface area contributed by atoms with E-state index < -0.39 is 23.8 Å². The number of amides is 2. The Morgan fingerprint density at radius 3 is 2.55 bits per heavy atom. The molecular formula is C15H21F3N2O2. The molecule has 3 N–H and O–H groups in total. The summed E-state index contributed by atoms with van der Waals surface area (Å²) in [6, 6.07) is 3.91. The molecule has 0 saturated heterocycles. The lowest BCUT2D eigenvalue weighted by atomic mass is 9.95. The Balaban J connectivity index is 2.94. The molecule has 0 aromatic heterocycles. The first-order valence-corrected chi connectivity index (χ1v) is 7.06. The smallest absolute Gasteiger partial charge is 0.395 e. The van der Waals surface area contributed by atoms with Crippen LogP contribution in [0.2, 0.25) is 0 Å². The lowest BCUT2D eigenvalue weighted by Gasteiger charge is -2.22. The van der Waals surface area contributed by atoms with Gasteiger partial charge in [0.2, 0.25) is 0 Å². The maximum atomic E-state index is 12.8. The fourth-order valence-corrected chi connectivity index (χ4v) is 2.06. The molecule has 124 valence electrons. The van der Waals surface area contributed by atoms with Crippen molar-refractivity contribution < 1.29 is 23.1 Å². The van der Waals surface area contributed by atoms with Gasteiger partial charge in [-0.25, -0.2) is 4.79 Å². The maximum absolute atomic E-state index is 12.8. The summed E-state index contributed by atoms with van der Waals surface area (Å²) in [6.07, 6.45) is -3.91. The van der Waals surface area contributed by atoms with Crippen LogP contribution in [0.3, 0.4) is 0 Å². The van der Waals surface area contributed by atoms with Crippen LogP contribution in [0.1, 0.15) is 37.4 Å². The number of carbonyl (C=O) groups excluding carboxylic acids is 1. The minimum atomic E-state index is -4.42. The molecule has 1 unspecified atom stereocenters. The number of hydrogen-bond donors (Lipinski definition) is 3. The number of nitrogens with one attached hydrogen (secondary N) is 2. The fraction of sp³-hybridized carbons (Fsp3) is 0.533. The molecule has 4 nitrogen and oxygen atoms in total. The summed E-state index contributed by atoms with van der Waals surface area (Å²) in [7, 11) is 0. The summed E-state index contributed by atoms with van der Waals surface area (Å²) in [4.78, 5) is 11.7. The number of hydrogen-bond acceptors (Lipinski definition) is 2. The van der Waals surface area contributed by atoms with Crippen molar-refractivity contribution in [3.63, 3.8) is 0 Å². The molecule has 2 amide bonds. The van der Waals surface area contributed by atoms with E-state index in [0.717, 1.165) is 12.1 Å². The summed E-state index contributed by atoms with van der Waals surface area (Å²) in [5, 5.41) is 13.7. The summed E-state index contributed by atoms with van der Waals surface area (Å²) < 4.78 is 38.4. The largest absolute Gasteiger partial charge is 0.416 e. The van der Waals surface area contributed by atoms with Crippen molar-refractivity contribution in [2.45, 2.75) is 32.5 Å². The van der Waals surface area contributed by atoms with Gasteiger partial charge in [-0.05, 0) is 30.0 Å². The third-order valence-corrected chi connectivity index (χ3v) is 3.03. The molecule has 22 heavy (non-hydrogen) atoms. The van der Waals surface area contributed by atoms with Gasteiger partial charge in [-0.2, -0.15) is 13.2 Å². The molecule has 0 aliphatic rings. The van der Waals surface area contributed by atoms with Crippen molar-refractivity contribution in [1.82, 2.24) is 10.6 Å². The maximum Gasteiger partial charge on any atom is 0.416 e. The second-order valence-electron chi connectivity index (χ2n) is 5.43. The van der Waals surface area contributed by atoms with Crippen LogP contribution >= 0.6 is 0 Å². The van der Waals surface area contributed by atoms with Gasteiger partial charge in [-0.3, -0.25) is 0 Å².